The molecule has 0 aliphatic heterocycles. The number of unbranched alkanes of at least 4 members (excludes halogenated alkanes) is 4. The molecule has 0 saturated carbocycles. The van der Waals surface area contributed by atoms with E-state index in [1.54, 1.807) is 0 Å². The van der Waals surface area contributed by atoms with Crippen LogP contribution in [0.3, 0.4) is 0 Å². The third-order valence-corrected chi connectivity index (χ3v) is 4.73. The van der Waals surface area contributed by atoms with E-state index < -0.39 is 0 Å². The number of aromatic nitrogens is 4. The zero-order chi connectivity index (χ0) is 15.1. The molecule has 0 spiro atoms. The molecular formula is C16H27BrN4+2. The number of nitrogens with zero attached hydrogens (tertiary/aromatic N) is 4. The van der Waals surface area contributed by atoms with Crippen LogP contribution in [0.1, 0.15) is 43.5 Å². The van der Waals surface area contributed by atoms with Gasteiger partial charge in [0.05, 0.1) is 20.6 Å². The maximum Gasteiger partial charge on any atom is 0.244 e. The number of alkyl halides is 1. The van der Waals surface area contributed by atoms with Gasteiger partial charge in [-0.15, -0.1) is 0 Å². The molecule has 0 aliphatic carbocycles. The molecule has 2 heterocycles. The number of aryl methyl sites for hydroxylation is 3. The predicted octanol–water partition coefficient (Wildman–Crippen LogP) is 2.87. The van der Waals surface area contributed by atoms with Crippen LogP contribution in [0.5, 0.6) is 0 Å². The number of hydrogen-bond acceptors (Lipinski definition) is 0. The molecular weight excluding hydrogens is 328 g/mol. The van der Waals surface area contributed by atoms with E-state index in [2.05, 4.69) is 85.7 Å². The lowest BCUT2D eigenvalue weighted by Crippen LogP contribution is -2.24. The summed E-state index contributed by atoms with van der Waals surface area (Å²) in [6.07, 6.45) is 20.5. The Morgan fingerprint density at radius 3 is 2.24 bits per heavy atom. The summed E-state index contributed by atoms with van der Waals surface area (Å²) in [5, 5.41) is 0. The van der Waals surface area contributed by atoms with Gasteiger partial charge in [-0.3, -0.25) is 0 Å². The normalized spacial score (nSPS) is 12.7. The third kappa shape index (κ3) is 5.65. The van der Waals surface area contributed by atoms with Gasteiger partial charge >= 0.3 is 0 Å². The first-order valence-corrected chi connectivity index (χ1v) is 8.74. The Hall–Kier alpha value is -1.10. The van der Waals surface area contributed by atoms with Crippen molar-refractivity contribution in [2.24, 2.45) is 14.1 Å². The summed E-state index contributed by atoms with van der Waals surface area (Å²) in [5.74, 6) is 0. The van der Waals surface area contributed by atoms with E-state index in [0.29, 0.717) is 4.95 Å². The second kappa shape index (κ2) is 8.37. The zero-order valence-corrected chi connectivity index (χ0v) is 14.7. The minimum absolute atomic E-state index is 0.429. The third-order valence-electron chi connectivity index (χ3n) is 3.80. The quantitative estimate of drug-likeness (QED) is 0.374. The average Bonchev–Trinajstić information content (AvgIpc) is 3.06. The monoisotopic (exact) mass is 354 g/mol. The highest BCUT2D eigenvalue weighted by molar-refractivity contribution is 9.09. The van der Waals surface area contributed by atoms with Crippen LogP contribution in [0.4, 0.5) is 0 Å². The van der Waals surface area contributed by atoms with Gasteiger partial charge in [0.15, 0.2) is 4.95 Å². The molecule has 5 heteroatoms. The molecule has 0 aromatic carbocycles. The fourth-order valence-electron chi connectivity index (χ4n) is 2.56. The molecule has 0 aliphatic rings. The summed E-state index contributed by atoms with van der Waals surface area (Å²) in [6.45, 7) is 1.14. The number of hydrogen-bond donors (Lipinski definition) is 0. The van der Waals surface area contributed by atoms with E-state index in [0.717, 1.165) is 6.54 Å². The molecule has 0 radical (unpaired) electrons. The van der Waals surface area contributed by atoms with Gasteiger partial charge < -0.3 is 0 Å². The summed E-state index contributed by atoms with van der Waals surface area (Å²) in [6, 6.07) is 0. The standard InChI is InChI=1S/C16H27BrN4/c1-18-10-12-20(14-18)9-7-5-3-4-6-8-16(17)21-13-11-19(2)15-21/h10-16H,3-9H2,1-2H3/q+2. The van der Waals surface area contributed by atoms with Gasteiger partial charge in [-0.05, 0) is 41.6 Å². The summed E-state index contributed by atoms with van der Waals surface area (Å²) < 4.78 is 8.67. The van der Waals surface area contributed by atoms with Crippen molar-refractivity contribution >= 4 is 15.9 Å². The van der Waals surface area contributed by atoms with Crippen LogP contribution in [-0.4, -0.2) is 9.13 Å². The molecule has 2 rings (SSSR count). The Labute approximate surface area is 136 Å². The van der Waals surface area contributed by atoms with Crippen LogP contribution in [-0.2, 0) is 20.6 Å². The second-order valence-corrected chi connectivity index (χ2v) is 6.89. The summed E-state index contributed by atoms with van der Waals surface area (Å²) in [5.41, 5.74) is 0. The van der Waals surface area contributed by atoms with Gasteiger partial charge in [-0.1, -0.05) is 12.8 Å². The van der Waals surface area contributed by atoms with E-state index >= 15 is 0 Å². The van der Waals surface area contributed by atoms with Gasteiger partial charge in [-0.2, -0.15) is 0 Å². The Morgan fingerprint density at radius 1 is 0.905 bits per heavy atom. The SMILES string of the molecule is C[n+]1ccn(CCCCCCCC(Br)n2cc[n+](C)c2)c1. The lowest BCUT2D eigenvalue weighted by molar-refractivity contribution is -0.671. The lowest BCUT2D eigenvalue weighted by Gasteiger charge is -2.06. The Balaban J connectivity index is 1.50. The van der Waals surface area contributed by atoms with Gasteiger partial charge in [0, 0.05) is 0 Å². The van der Waals surface area contributed by atoms with Crippen LogP contribution in [0.2, 0.25) is 0 Å². The van der Waals surface area contributed by atoms with Crippen molar-refractivity contribution in [1.29, 1.82) is 0 Å². The molecule has 1 atom stereocenters. The largest absolute Gasteiger partial charge is 0.244 e. The molecule has 116 valence electrons. The first-order valence-electron chi connectivity index (χ1n) is 7.83. The minimum atomic E-state index is 0.429. The van der Waals surface area contributed by atoms with Crippen LogP contribution in [0.25, 0.3) is 0 Å². The van der Waals surface area contributed by atoms with Crippen molar-refractivity contribution in [1.82, 2.24) is 9.13 Å². The maximum atomic E-state index is 3.76. The molecule has 4 nitrogen and oxygen atoms in total. The van der Waals surface area contributed by atoms with Crippen molar-refractivity contribution in [2.75, 3.05) is 0 Å². The predicted molar refractivity (Wildman–Crippen MR) is 86.9 cm³/mol. The molecule has 0 amide bonds. The van der Waals surface area contributed by atoms with E-state index in [9.17, 15) is 0 Å². The van der Waals surface area contributed by atoms with Crippen LogP contribution in [0, 0.1) is 0 Å². The molecule has 1 unspecified atom stereocenters. The van der Waals surface area contributed by atoms with Crippen LogP contribution < -0.4 is 9.13 Å². The molecule has 0 bridgehead atoms. The van der Waals surface area contributed by atoms with E-state index in [-0.39, 0.29) is 0 Å². The lowest BCUT2D eigenvalue weighted by atomic mass is 10.1. The highest BCUT2D eigenvalue weighted by Crippen LogP contribution is 2.22. The summed E-state index contributed by atoms with van der Waals surface area (Å²) in [7, 11) is 4.12. The number of halogens is 1. The first kappa shape index (κ1) is 16.3. The maximum absolute atomic E-state index is 3.76. The van der Waals surface area contributed by atoms with Gasteiger partial charge in [0.2, 0.25) is 12.7 Å². The van der Waals surface area contributed by atoms with Crippen molar-refractivity contribution in [3.05, 3.63) is 37.4 Å². The topological polar surface area (TPSA) is 17.6 Å². The second-order valence-electron chi connectivity index (χ2n) is 5.83. The average molecular weight is 355 g/mol. The van der Waals surface area contributed by atoms with Gasteiger partial charge in [0.25, 0.3) is 0 Å². The van der Waals surface area contributed by atoms with Crippen LogP contribution >= 0.6 is 15.9 Å². The molecule has 21 heavy (non-hydrogen) atoms. The molecule has 2 aromatic heterocycles. The molecule has 0 fully saturated rings. The molecule has 2 aromatic rings. The molecule has 0 saturated heterocycles. The molecule has 0 N–H and O–H groups in total. The van der Waals surface area contributed by atoms with Crippen LogP contribution in [0.15, 0.2) is 37.4 Å². The van der Waals surface area contributed by atoms with E-state index in [4.69, 9.17) is 0 Å². The Bertz CT molecular complexity index is 532. The van der Waals surface area contributed by atoms with Gasteiger partial charge in [0.1, 0.15) is 24.8 Å². The highest BCUT2D eigenvalue weighted by Gasteiger charge is 2.11. The number of rotatable bonds is 9. The summed E-state index contributed by atoms with van der Waals surface area (Å²) >= 11 is 3.76. The fourth-order valence-corrected chi connectivity index (χ4v) is 3.12. The zero-order valence-electron chi connectivity index (χ0n) is 13.2. The minimum Gasteiger partial charge on any atom is -0.240 e. The van der Waals surface area contributed by atoms with Crippen molar-refractivity contribution in [3.63, 3.8) is 0 Å². The van der Waals surface area contributed by atoms with E-state index in [1.807, 2.05) is 0 Å². The fraction of sp³-hybridized carbons (Fsp3) is 0.625. The number of imidazole rings is 2. The first-order chi connectivity index (χ1) is 10.1. The van der Waals surface area contributed by atoms with E-state index in [1.165, 1.54) is 38.5 Å². The Morgan fingerprint density at radius 2 is 1.57 bits per heavy atom. The Kier molecular flexibility index (Phi) is 6.49. The smallest absolute Gasteiger partial charge is 0.240 e. The van der Waals surface area contributed by atoms with Crippen molar-refractivity contribution in [3.8, 4) is 0 Å². The summed E-state index contributed by atoms with van der Waals surface area (Å²) in [4.78, 5) is 0.429. The highest BCUT2D eigenvalue weighted by atomic mass is 79.9. The van der Waals surface area contributed by atoms with Gasteiger partial charge in [-0.25, -0.2) is 18.3 Å². The van der Waals surface area contributed by atoms with Crippen molar-refractivity contribution in [2.45, 2.75) is 50.0 Å². The van der Waals surface area contributed by atoms with Crippen molar-refractivity contribution < 1.29 is 9.13 Å².